The number of ether oxygens (including phenoxy) is 1. The Labute approximate surface area is 153 Å². The van der Waals surface area contributed by atoms with Gasteiger partial charge in [-0.25, -0.2) is 0 Å². The molecule has 0 saturated heterocycles. The number of hydrogen-bond acceptors (Lipinski definition) is 5. The molecule has 2 aliphatic carbocycles. The van der Waals surface area contributed by atoms with E-state index in [9.17, 15) is 15.8 Å². The smallest absolute Gasteiger partial charge is 0.187 e. The third kappa shape index (κ3) is 2.52. The van der Waals surface area contributed by atoms with Crippen LogP contribution in [0.3, 0.4) is 0 Å². The van der Waals surface area contributed by atoms with Gasteiger partial charge in [-0.15, -0.1) is 0 Å². The van der Waals surface area contributed by atoms with Crippen LogP contribution in [-0.4, -0.2) is 7.11 Å². The number of methoxy groups -OCH3 is 1. The summed E-state index contributed by atoms with van der Waals surface area (Å²) in [4.78, 5) is 0. The minimum atomic E-state index is -1.58. The van der Waals surface area contributed by atoms with Crippen LogP contribution in [0, 0.1) is 45.3 Å². The molecule has 0 amide bonds. The molecule has 0 aromatic heterocycles. The monoisotopic (exact) mass is 344 g/mol. The maximum atomic E-state index is 10.00. The highest BCUT2D eigenvalue weighted by atomic mass is 16.5. The molecule has 0 heterocycles. The zero-order chi connectivity index (χ0) is 18.7. The van der Waals surface area contributed by atoms with E-state index in [1.54, 1.807) is 7.11 Å². The lowest BCUT2D eigenvalue weighted by atomic mass is 9.57. The van der Waals surface area contributed by atoms with Crippen LogP contribution in [0.25, 0.3) is 0 Å². The summed E-state index contributed by atoms with van der Waals surface area (Å²) in [5.74, 6) is 0.216. The molecule has 26 heavy (non-hydrogen) atoms. The Morgan fingerprint density at radius 1 is 1.12 bits per heavy atom. The minimum Gasteiger partial charge on any atom is -0.497 e. The molecule has 2 unspecified atom stereocenters. The van der Waals surface area contributed by atoms with Crippen molar-refractivity contribution in [3.05, 3.63) is 52.7 Å². The Morgan fingerprint density at radius 2 is 1.81 bits per heavy atom. The van der Waals surface area contributed by atoms with Gasteiger partial charge in [-0.2, -0.15) is 15.8 Å². The van der Waals surface area contributed by atoms with Crippen molar-refractivity contribution in [3.63, 3.8) is 0 Å². The molecule has 0 bridgehead atoms. The molecule has 0 fully saturated rings. The highest BCUT2D eigenvalue weighted by Gasteiger charge is 2.53. The second-order valence-electron chi connectivity index (χ2n) is 6.73. The Hall–Kier alpha value is -3.23. The van der Waals surface area contributed by atoms with E-state index in [4.69, 9.17) is 10.5 Å². The summed E-state index contributed by atoms with van der Waals surface area (Å²) in [6, 6.07) is 13.8. The molecule has 0 spiro atoms. The van der Waals surface area contributed by atoms with Gasteiger partial charge in [0.1, 0.15) is 5.75 Å². The van der Waals surface area contributed by atoms with Gasteiger partial charge in [0.05, 0.1) is 36.6 Å². The maximum absolute atomic E-state index is 10.00. The number of hydrogen-bond donors (Lipinski definition) is 1. The van der Waals surface area contributed by atoms with Crippen molar-refractivity contribution in [3.8, 4) is 24.0 Å². The average Bonchev–Trinajstić information content (AvgIpc) is 2.94. The molecule has 130 valence electrons. The zero-order valence-electron chi connectivity index (χ0n) is 14.7. The number of nitriles is 3. The average molecular weight is 344 g/mol. The van der Waals surface area contributed by atoms with E-state index in [1.807, 2.05) is 24.3 Å². The lowest BCUT2D eigenvalue weighted by molar-refractivity contribution is 0.333. The van der Waals surface area contributed by atoms with Crippen LogP contribution in [0.5, 0.6) is 5.75 Å². The van der Waals surface area contributed by atoms with Gasteiger partial charge in [0, 0.05) is 5.92 Å². The van der Waals surface area contributed by atoms with E-state index >= 15 is 0 Å². The number of fused-ring (bicyclic) bond motifs is 1. The van der Waals surface area contributed by atoms with Crippen molar-refractivity contribution in [2.75, 3.05) is 7.11 Å². The predicted molar refractivity (Wildman–Crippen MR) is 96.3 cm³/mol. The van der Waals surface area contributed by atoms with E-state index in [1.165, 1.54) is 0 Å². The fourth-order valence-electron chi connectivity index (χ4n) is 4.26. The lowest BCUT2D eigenvalue weighted by Gasteiger charge is -2.41. The van der Waals surface area contributed by atoms with Crippen molar-refractivity contribution >= 4 is 0 Å². The molecule has 2 N–H and O–H groups in total. The van der Waals surface area contributed by atoms with Crippen LogP contribution in [-0.2, 0) is 0 Å². The Bertz CT molecular complexity index is 876. The normalized spacial score (nSPS) is 24.2. The number of nitrogens with zero attached hydrogens (tertiary/aromatic N) is 3. The predicted octanol–water partition coefficient (Wildman–Crippen LogP) is 3.68. The van der Waals surface area contributed by atoms with Gasteiger partial charge in [-0.05, 0) is 48.4 Å². The van der Waals surface area contributed by atoms with Gasteiger partial charge in [-0.3, -0.25) is 0 Å². The molecular formula is C21H20N4O. The van der Waals surface area contributed by atoms with Crippen molar-refractivity contribution in [2.24, 2.45) is 17.1 Å². The Morgan fingerprint density at radius 3 is 2.38 bits per heavy atom. The Kier molecular flexibility index (Phi) is 4.70. The second-order valence-corrected chi connectivity index (χ2v) is 6.73. The summed E-state index contributed by atoms with van der Waals surface area (Å²) in [6.45, 7) is 0. The highest BCUT2D eigenvalue weighted by Crippen LogP contribution is 2.55. The van der Waals surface area contributed by atoms with Gasteiger partial charge in [0.15, 0.2) is 5.41 Å². The van der Waals surface area contributed by atoms with Crippen LogP contribution in [0.1, 0.15) is 37.2 Å². The van der Waals surface area contributed by atoms with E-state index in [-0.39, 0.29) is 11.5 Å². The third-order valence-corrected chi connectivity index (χ3v) is 5.52. The fourth-order valence-corrected chi connectivity index (χ4v) is 4.26. The SMILES string of the molecule is COc1ccc(C2C3CCCCC=C3C(N)=C(C#N)C2(C#N)C#N)cc1. The summed E-state index contributed by atoms with van der Waals surface area (Å²) in [5.41, 5.74) is 6.87. The van der Waals surface area contributed by atoms with Gasteiger partial charge < -0.3 is 10.5 Å². The van der Waals surface area contributed by atoms with E-state index < -0.39 is 11.3 Å². The van der Waals surface area contributed by atoms with E-state index in [0.29, 0.717) is 11.4 Å². The summed E-state index contributed by atoms with van der Waals surface area (Å²) in [7, 11) is 1.59. The quantitative estimate of drug-likeness (QED) is 0.880. The van der Waals surface area contributed by atoms with Crippen molar-refractivity contribution in [1.29, 1.82) is 15.8 Å². The van der Waals surface area contributed by atoms with Crippen molar-refractivity contribution < 1.29 is 4.74 Å². The van der Waals surface area contributed by atoms with E-state index in [2.05, 4.69) is 24.3 Å². The number of rotatable bonds is 2. The summed E-state index contributed by atoms with van der Waals surface area (Å²) >= 11 is 0. The van der Waals surface area contributed by atoms with Crippen molar-refractivity contribution in [1.82, 2.24) is 0 Å². The molecule has 2 aliphatic rings. The first kappa shape index (κ1) is 17.6. The first-order valence-electron chi connectivity index (χ1n) is 8.70. The first-order chi connectivity index (χ1) is 12.6. The number of benzene rings is 1. The van der Waals surface area contributed by atoms with Gasteiger partial charge in [0.2, 0.25) is 0 Å². The van der Waals surface area contributed by atoms with Crippen LogP contribution in [0.15, 0.2) is 47.2 Å². The summed E-state index contributed by atoms with van der Waals surface area (Å²) in [6.07, 6.45) is 5.86. The van der Waals surface area contributed by atoms with Gasteiger partial charge in [-0.1, -0.05) is 24.6 Å². The highest BCUT2D eigenvalue weighted by molar-refractivity contribution is 5.59. The molecule has 1 aromatic rings. The third-order valence-electron chi connectivity index (χ3n) is 5.52. The van der Waals surface area contributed by atoms with Gasteiger partial charge >= 0.3 is 0 Å². The van der Waals surface area contributed by atoms with Gasteiger partial charge in [0.25, 0.3) is 0 Å². The summed E-state index contributed by atoms with van der Waals surface area (Å²) < 4.78 is 5.22. The number of nitrogens with two attached hydrogens (primary N) is 1. The molecule has 0 saturated carbocycles. The standard InChI is InChI=1S/C21H20N4O/c1-26-15-9-7-14(8-10-15)19-16-5-3-2-4-6-17(16)20(25)18(11-22)21(19,12-23)13-24/h6-10,16,19H,2-5,25H2,1H3. The van der Waals surface area contributed by atoms with E-state index in [0.717, 1.165) is 36.8 Å². The van der Waals surface area contributed by atoms with Crippen LogP contribution in [0.2, 0.25) is 0 Å². The van der Waals surface area contributed by atoms with Crippen LogP contribution < -0.4 is 10.5 Å². The molecule has 1 aromatic carbocycles. The fraction of sp³-hybridized carbons (Fsp3) is 0.381. The van der Waals surface area contributed by atoms with Crippen LogP contribution in [0.4, 0.5) is 0 Å². The Balaban J connectivity index is 2.28. The minimum absolute atomic E-state index is 0.0534. The topological polar surface area (TPSA) is 107 Å². The molecule has 5 nitrogen and oxygen atoms in total. The summed E-state index contributed by atoms with van der Waals surface area (Å²) in [5, 5.41) is 29.7. The zero-order valence-corrected chi connectivity index (χ0v) is 14.7. The number of allylic oxidation sites excluding steroid dienone is 3. The molecule has 3 rings (SSSR count). The second kappa shape index (κ2) is 6.95. The van der Waals surface area contributed by atoms with Crippen LogP contribution >= 0.6 is 0 Å². The molecule has 0 radical (unpaired) electrons. The maximum Gasteiger partial charge on any atom is 0.187 e. The van der Waals surface area contributed by atoms with Crippen molar-refractivity contribution in [2.45, 2.75) is 31.6 Å². The first-order valence-corrected chi connectivity index (χ1v) is 8.70. The molecule has 0 aliphatic heterocycles. The molecule has 5 heteroatoms. The molecular weight excluding hydrogens is 324 g/mol. The molecule has 2 atom stereocenters. The largest absolute Gasteiger partial charge is 0.497 e. The lowest BCUT2D eigenvalue weighted by Crippen LogP contribution is -2.40.